The zero-order valence-electron chi connectivity index (χ0n) is 12.5. The standard InChI is InChI=1S/C18H15ClFN3/c19-15-8-13-7-14-11-23(10-12-1-3-16(20)4-2-12)6-5-17(14)22-18(13)21-9-15/h1-4,7-9H,5-6,10-11H2. The maximum absolute atomic E-state index is 13.0. The molecule has 0 spiro atoms. The second-order valence-corrected chi connectivity index (χ2v) is 6.32. The van der Waals surface area contributed by atoms with Crippen LogP contribution in [0.3, 0.4) is 0 Å². The number of nitrogens with zero attached hydrogens (tertiary/aromatic N) is 3. The summed E-state index contributed by atoms with van der Waals surface area (Å²) in [6.45, 7) is 2.59. The Kier molecular flexibility index (Phi) is 3.71. The number of rotatable bonds is 2. The van der Waals surface area contributed by atoms with E-state index in [9.17, 15) is 4.39 Å². The molecule has 23 heavy (non-hydrogen) atoms. The SMILES string of the molecule is Fc1ccc(CN2CCc3nc4ncc(Cl)cc4cc3C2)cc1. The first-order chi connectivity index (χ1) is 11.2. The van der Waals surface area contributed by atoms with Gasteiger partial charge in [-0.1, -0.05) is 23.7 Å². The number of halogens is 2. The topological polar surface area (TPSA) is 29.0 Å². The van der Waals surface area contributed by atoms with Crippen LogP contribution in [0.5, 0.6) is 0 Å². The minimum absolute atomic E-state index is 0.196. The van der Waals surface area contributed by atoms with Gasteiger partial charge in [0.05, 0.1) is 5.02 Å². The third kappa shape index (κ3) is 3.05. The van der Waals surface area contributed by atoms with Gasteiger partial charge < -0.3 is 0 Å². The molecule has 2 aromatic heterocycles. The molecule has 0 aliphatic carbocycles. The Morgan fingerprint density at radius 2 is 2.00 bits per heavy atom. The molecule has 3 aromatic rings. The lowest BCUT2D eigenvalue weighted by molar-refractivity contribution is 0.243. The van der Waals surface area contributed by atoms with Crippen molar-refractivity contribution >= 4 is 22.6 Å². The van der Waals surface area contributed by atoms with Crippen LogP contribution >= 0.6 is 11.6 Å². The Hall–Kier alpha value is -2.04. The summed E-state index contributed by atoms with van der Waals surface area (Å²) in [5.41, 5.74) is 4.20. The van der Waals surface area contributed by atoms with E-state index < -0.39 is 0 Å². The largest absolute Gasteiger partial charge is 0.294 e. The highest BCUT2D eigenvalue weighted by Gasteiger charge is 2.18. The minimum atomic E-state index is -0.196. The van der Waals surface area contributed by atoms with Gasteiger partial charge in [0, 0.05) is 43.3 Å². The van der Waals surface area contributed by atoms with Crippen LogP contribution < -0.4 is 0 Å². The summed E-state index contributed by atoms with van der Waals surface area (Å²) in [6.07, 6.45) is 2.53. The monoisotopic (exact) mass is 327 g/mol. The van der Waals surface area contributed by atoms with E-state index in [1.54, 1.807) is 6.20 Å². The van der Waals surface area contributed by atoms with Crippen LogP contribution in [0.15, 0.2) is 42.6 Å². The van der Waals surface area contributed by atoms with E-state index in [1.807, 2.05) is 18.2 Å². The number of hydrogen-bond acceptors (Lipinski definition) is 3. The lowest BCUT2D eigenvalue weighted by Gasteiger charge is -2.28. The number of hydrogen-bond donors (Lipinski definition) is 0. The fraction of sp³-hybridized carbons (Fsp3) is 0.222. The van der Waals surface area contributed by atoms with Gasteiger partial charge in [0.2, 0.25) is 0 Å². The Morgan fingerprint density at radius 1 is 1.17 bits per heavy atom. The Morgan fingerprint density at radius 3 is 2.83 bits per heavy atom. The summed E-state index contributed by atoms with van der Waals surface area (Å²) < 4.78 is 13.0. The van der Waals surface area contributed by atoms with Crippen molar-refractivity contribution in [2.24, 2.45) is 0 Å². The summed E-state index contributed by atoms with van der Waals surface area (Å²) in [5.74, 6) is -0.196. The number of aromatic nitrogens is 2. The van der Waals surface area contributed by atoms with E-state index in [-0.39, 0.29) is 5.82 Å². The highest BCUT2D eigenvalue weighted by molar-refractivity contribution is 6.31. The summed E-state index contributed by atoms with van der Waals surface area (Å²) >= 11 is 6.02. The maximum atomic E-state index is 13.0. The van der Waals surface area contributed by atoms with Crippen molar-refractivity contribution in [1.82, 2.24) is 14.9 Å². The van der Waals surface area contributed by atoms with Gasteiger partial charge in [0.25, 0.3) is 0 Å². The molecule has 4 rings (SSSR count). The highest BCUT2D eigenvalue weighted by atomic mass is 35.5. The van der Waals surface area contributed by atoms with Crippen molar-refractivity contribution in [3.63, 3.8) is 0 Å². The van der Waals surface area contributed by atoms with Gasteiger partial charge in [0.1, 0.15) is 5.82 Å². The van der Waals surface area contributed by atoms with Crippen LogP contribution in [0.4, 0.5) is 4.39 Å². The first-order valence-corrected chi connectivity index (χ1v) is 7.96. The van der Waals surface area contributed by atoms with Gasteiger partial charge in [-0.3, -0.25) is 4.90 Å². The average molecular weight is 328 g/mol. The van der Waals surface area contributed by atoms with E-state index in [0.717, 1.165) is 48.3 Å². The highest BCUT2D eigenvalue weighted by Crippen LogP contribution is 2.24. The molecule has 0 unspecified atom stereocenters. The summed E-state index contributed by atoms with van der Waals surface area (Å²) in [5, 5.41) is 1.60. The van der Waals surface area contributed by atoms with Crippen molar-refractivity contribution in [3.05, 3.63) is 70.3 Å². The normalized spacial score (nSPS) is 14.9. The molecule has 0 saturated heterocycles. The second kappa shape index (κ2) is 5.87. The fourth-order valence-corrected chi connectivity index (χ4v) is 3.20. The van der Waals surface area contributed by atoms with Crippen molar-refractivity contribution < 1.29 is 4.39 Å². The van der Waals surface area contributed by atoms with Gasteiger partial charge >= 0.3 is 0 Å². The lowest BCUT2D eigenvalue weighted by Crippen LogP contribution is -2.30. The molecule has 0 amide bonds. The molecule has 1 aliphatic rings. The van der Waals surface area contributed by atoms with Crippen molar-refractivity contribution in [3.8, 4) is 0 Å². The zero-order valence-corrected chi connectivity index (χ0v) is 13.2. The predicted octanol–water partition coefficient (Wildman–Crippen LogP) is 3.98. The number of fused-ring (bicyclic) bond motifs is 2. The van der Waals surface area contributed by atoms with Gasteiger partial charge in [-0.2, -0.15) is 0 Å². The number of benzene rings is 1. The molecule has 0 saturated carbocycles. The van der Waals surface area contributed by atoms with Crippen LogP contribution in [0.25, 0.3) is 11.0 Å². The molecule has 1 aliphatic heterocycles. The third-order valence-electron chi connectivity index (χ3n) is 4.18. The van der Waals surface area contributed by atoms with Gasteiger partial charge in [-0.05, 0) is 35.4 Å². The predicted molar refractivity (Wildman–Crippen MR) is 88.8 cm³/mol. The van der Waals surface area contributed by atoms with Crippen LogP contribution in [0.2, 0.25) is 5.02 Å². The fourth-order valence-electron chi connectivity index (χ4n) is 3.04. The maximum Gasteiger partial charge on any atom is 0.159 e. The van der Waals surface area contributed by atoms with Gasteiger partial charge in [0.15, 0.2) is 5.65 Å². The molecule has 0 bridgehead atoms. The van der Waals surface area contributed by atoms with E-state index in [4.69, 9.17) is 11.6 Å². The first kappa shape index (κ1) is 14.5. The van der Waals surface area contributed by atoms with E-state index in [0.29, 0.717) is 5.02 Å². The smallest absolute Gasteiger partial charge is 0.159 e. The van der Waals surface area contributed by atoms with Crippen LogP contribution in [-0.2, 0) is 19.5 Å². The van der Waals surface area contributed by atoms with Crippen LogP contribution in [0.1, 0.15) is 16.8 Å². The third-order valence-corrected chi connectivity index (χ3v) is 4.39. The molecule has 5 heteroatoms. The van der Waals surface area contributed by atoms with Crippen LogP contribution in [0, 0.1) is 5.82 Å². The Bertz CT molecular complexity index is 864. The molecule has 116 valence electrons. The zero-order chi connectivity index (χ0) is 15.8. The first-order valence-electron chi connectivity index (χ1n) is 7.58. The lowest BCUT2D eigenvalue weighted by atomic mass is 10.0. The Labute approximate surface area is 138 Å². The molecule has 0 radical (unpaired) electrons. The summed E-state index contributed by atoms with van der Waals surface area (Å²) in [7, 11) is 0. The Balaban J connectivity index is 1.59. The van der Waals surface area contributed by atoms with E-state index >= 15 is 0 Å². The van der Waals surface area contributed by atoms with Crippen molar-refractivity contribution in [1.29, 1.82) is 0 Å². The van der Waals surface area contributed by atoms with Crippen LogP contribution in [-0.4, -0.2) is 21.4 Å². The van der Waals surface area contributed by atoms with Crippen molar-refractivity contribution in [2.45, 2.75) is 19.5 Å². The summed E-state index contributed by atoms with van der Waals surface area (Å²) in [4.78, 5) is 11.3. The molecule has 0 atom stereocenters. The molecule has 0 N–H and O–H groups in total. The molecular weight excluding hydrogens is 313 g/mol. The second-order valence-electron chi connectivity index (χ2n) is 5.88. The van der Waals surface area contributed by atoms with Gasteiger partial charge in [-0.15, -0.1) is 0 Å². The summed E-state index contributed by atoms with van der Waals surface area (Å²) in [6, 6.07) is 10.7. The average Bonchev–Trinajstić information content (AvgIpc) is 2.55. The molecule has 3 nitrogen and oxygen atoms in total. The molecule has 3 heterocycles. The minimum Gasteiger partial charge on any atom is -0.294 e. The molecule has 0 fully saturated rings. The molecular formula is C18H15ClFN3. The van der Waals surface area contributed by atoms with E-state index in [1.165, 1.54) is 17.7 Å². The quantitative estimate of drug-likeness (QED) is 0.713. The van der Waals surface area contributed by atoms with Gasteiger partial charge in [-0.25, -0.2) is 14.4 Å². The molecule has 1 aromatic carbocycles. The number of pyridine rings is 2. The van der Waals surface area contributed by atoms with Crippen molar-refractivity contribution in [2.75, 3.05) is 6.54 Å². The van der Waals surface area contributed by atoms with E-state index in [2.05, 4.69) is 20.9 Å².